The van der Waals surface area contributed by atoms with Crippen LogP contribution < -0.4 is 20.5 Å². The van der Waals surface area contributed by atoms with E-state index < -0.39 is 5.97 Å². The van der Waals surface area contributed by atoms with Crippen LogP contribution in [0, 0.1) is 6.92 Å². The van der Waals surface area contributed by atoms with Crippen LogP contribution in [0.25, 0.3) is 0 Å². The van der Waals surface area contributed by atoms with Gasteiger partial charge in [-0.3, -0.25) is 10.1 Å². The average molecular weight is 357 g/mol. The second-order valence-electron chi connectivity index (χ2n) is 5.18. The largest absolute Gasteiger partial charge is 0.545 e. The van der Waals surface area contributed by atoms with E-state index in [-0.39, 0.29) is 16.6 Å². The quantitative estimate of drug-likeness (QED) is 0.794. The molecule has 0 atom stereocenters. The van der Waals surface area contributed by atoms with Crippen LogP contribution in [0.3, 0.4) is 0 Å². The molecule has 0 radical (unpaired) electrons. The highest BCUT2D eigenvalue weighted by molar-refractivity contribution is 7.80. The van der Waals surface area contributed by atoms with Crippen molar-refractivity contribution in [3.63, 3.8) is 0 Å². The third-order valence-corrected chi connectivity index (χ3v) is 3.58. The van der Waals surface area contributed by atoms with Crippen molar-refractivity contribution in [1.29, 1.82) is 0 Å². The zero-order chi connectivity index (χ0) is 18.4. The zero-order valence-corrected chi connectivity index (χ0v) is 14.6. The Morgan fingerprint density at radius 3 is 2.36 bits per heavy atom. The minimum atomic E-state index is -1.28. The monoisotopic (exact) mass is 357 g/mol. The maximum atomic E-state index is 12.2. The SMILES string of the molecule is CCOc1ccc(C(=O)NC(=S)Nc2cc(C(=O)[O-])ccc2C)cc1. The number of carboxylic acid groups (broad SMARTS) is 1. The van der Waals surface area contributed by atoms with E-state index in [1.54, 1.807) is 37.3 Å². The van der Waals surface area contributed by atoms with E-state index in [4.69, 9.17) is 17.0 Å². The van der Waals surface area contributed by atoms with Gasteiger partial charge in [0.15, 0.2) is 5.11 Å². The van der Waals surface area contributed by atoms with Crippen LogP contribution in [0.5, 0.6) is 5.75 Å². The molecule has 0 aromatic heterocycles. The van der Waals surface area contributed by atoms with Crippen LogP contribution in [-0.4, -0.2) is 23.6 Å². The second-order valence-corrected chi connectivity index (χ2v) is 5.59. The molecule has 0 aliphatic carbocycles. The summed E-state index contributed by atoms with van der Waals surface area (Å²) in [6.45, 7) is 4.21. The number of amides is 1. The molecule has 130 valence electrons. The number of carboxylic acids is 1. The molecule has 6 nitrogen and oxygen atoms in total. The molecule has 0 aliphatic rings. The molecule has 2 rings (SSSR count). The predicted molar refractivity (Wildman–Crippen MR) is 96.8 cm³/mol. The fourth-order valence-corrected chi connectivity index (χ4v) is 2.28. The average Bonchev–Trinajstić information content (AvgIpc) is 2.57. The summed E-state index contributed by atoms with van der Waals surface area (Å²) in [5.74, 6) is -0.990. The number of benzene rings is 2. The number of rotatable bonds is 5. The summed E-state index contributed by atoms with van der Waals surface area (Å²) < 4.78 is 5.32. The normalized spacial score (nSPS) is 10.0. The van der Waals surface area contributed by atoms with E-state index >= 15 is 0 Å². The molecule has 1 amide bonds. The van der Waals surface area contributed by atoms with Crippen LogP contribution in [0.15, 0.2) is 42.5 Å². The third-order valence-electron chi connectivity index (χ3n) is 3.38. The van der Waals surface area contributed by atoms with Crippen molar-refractivity contribution < 1.29 is 19.4 Å². The number of anilines is 1. The Morgan fingerprint density at radius 1 is 1.12 bits per heavy atom. The number of carbonyl (C=O) groups excluding carboxylic acids is 2. The maximum Gasteiger partial charge on any atom is 0.257 e. The summed E-state index contributed by atoms with van der Waals surface area (Å²) >= 11 is 5.12. The predicted octanol–water partition coefficient (Wildman–Crippen LogP) is 1.88. The number of aryl methyl sites for hydroxylation is 1. The summed E-state index contributed by atoms with van der Waals surface area (Å²) in [4.78, 5) is 23.1. The molecule has 0 aliphatic heterocycles. The molecule has 0 spiro atoms. The van der Waals surface area contributed by atoms with E-state index in [0.717, 1.165) is 5.56 Å². The molecule has 25 heavy (non-hydrogen) atoms. The topological polar surface area (TPSA) is 90.5 Å². The van der Waals surface area contributed by atoms with Gasteiger partial charge in [0.05, 0.1) is 12.6 Å². The van der Waals surface area contributed by atoms with Gasteiger partial charge in [0.2, 0.25) is 0 Å². The molecular formula is C18H17N2O4S-. The van der Waals surface area contributed by atoms with E-state index in [9.17, 15) is 14.7 Å². The van der Waals surface area contributed by atoms with Gasteiger partial charge in [0.1, 0.15) is 5.75 Å². The van der Waals surface area contributed by atoms with Crippen LogP contribution in [0.1, 0.15) is 33.2 Å². The Balaban J connectivity index is 2.03. The number of hydrogen-bond acceptors (Lipinski definition) is 5. The molecule has 7 heteroatoms. The number of nitrogens with one attached hydrogen (secondary N) is 2. The van der Waals surface area contributed by atoms with E-state index in [0.29, 0.717) is 23.6 Å². The summed E-state index contributed by atoms with van der Waals surface area (Å²) in [5, 5.41) is 16.4. The van der Waals surface area contributed by atoms with Gasteiger partial charge in [-0.25, -0.2) is 0 Å². The van der Waals surface area contributed by atoms with Crippen molar-refractivity contribution in [3.05, 3.63) is 59.2 Å². The van der Waals surface area contributed by atoms with Gasteiger partial charge in [-0.1, -0.05) is 12.1 Å². The Bertz CT molecular complexity index is 803. The van der Waals surface area contributed by atoms with Crippen LogP contribution in [0.4, 0.5) is 5.69 Å². The van der Waals surface area contributed by atoms with Crippen molar-refractivity contribution in [1.82, 2.24) is 5.32 Å². The van der Waals surface area contributed by atoms with Crippen molar-refractivity contribution in [2.75, 3.05) is 11.9 Å². The fraction of sp³-hybridized carbons (Fsp3) is 0.167. The molecule has 2 aromatic carbocycles. The number of carbonyl (C=O) groups is 2. The van der Waals surface area contributed by atoms with E-state index in [2.05, 4.69) is 10.6 Å². The van der Waals surface area contributed by atoms with Crippen LogP contribution >= 0.6 is 12.2 Å². The van der Waals surface area contributed by atoms with Gasteiger partial charge in [-0.05, 0) is 67.5 Å². The Morgan fingerprint density at radius 2 is 1.76 bits per heavy atom. The molecule has 2 aromatic rings. The minimum absolute atomic E-state index is 0.0220. The highest BCUT2D eigenvalue weighted by Gasteiger charge is 2.09. The lowest BCUT2D eigenvalue weighted by atomic mass is 10.1. The Kier molecular flexibility index (Phi) is 6.08. The lowest BCUT2D eigenvalue weighted by molar-refractivity contribution is -0.255. The van der Waals surface area contributed by atoms with Gasteiger partial charge in [0.25, 0.3) is 5.91 Å². The molecule has 0 saturated carbocycles. The Labute approximate surface area is 150 Å². The molecule has 0 bridgehead atoms. The first-order valence-corrected chi connectivity index (χ1v) is 7.98. The zero-order valence-electron chi connectivity index (χ0n) is 13.8. The lowest BCUT2D eigenvalue weighted by Crippen LogP contribution is -2.34. The van der Waals surface area contributed by atoms with Gasteiger partial charge in [-0.15, -0.1) is 0 Å². The molecule has 0 unspecified atom stereocenters. The van der Waals surface area contributed by atoms with Gasteiger partial charge >= 0.3 is 0 Å². The smallest absolute Gasteiger partial charge is 0.257 e. The number of aromatic carboxylic acids is 1. The first-order valence-electron chi connectivity index (χ1n) is 7.58. The van der Waals surface area contributed by atoms with Crippen molar-refractivity contribution in [2.45, 2.75) is 13.8 Å². The van der Waals surface area contributed by atoms with Gasteiger partial charge < -0.3 is 20.0 Å². The maximum absolute atomic E-state index is 12.2. The van der Waals surface area contributed by atoms with Gasteiger partial charge in [0, 0.05) is 11.3 Å². The van der Waals surface area contributed by atoms with Crippen molar-refractivity contribution in [3.8, 4) is 5.75 Å². The van der Waals surface area contributed by atoms with Gasteiger partial charge in [-0.2, -0.15) is 0 Å². The number of hydrogen-bond donors (Lipinski definition) is 2. The first kappa shape index (κ1) is 18.4. The second kappa shape index (κ2) is 8.25. The van der Waals surface area contributed by atoms with E-state index in [1.165, 1.54) is 12.1 Å². The van der Waals surface area contributed by atoms with Crippen LogP contribution in [0.2, 0.25) is 0 Å². The lowest BCUT2D eigenvalue weighted by Gasteiger charge is -2.13. The first-order chi connectivity index (χ1) is 11.9. The van der Waals surface area contributed by atoms with E-state index in [1.807, 2.05) is 6.92 Å². The summed E-state index contributed by atoms with van der Waals surface area (Å²) in [6.07, 6.45) is 0. The number of thiocarbonyl (C=S) groups is 1. The Hall–Kier alpha value is -2.93. The molecule has 0 fully saturated rings. The highest BCUT2D eigenvalue weighted by atomic mass is 32.1. The molecule has 2 N–H and O–H groups in total. The molecular weight excluding hydrogens is 340 g/mol. The number of ether oxygens (including phenoxy) is 1. The van der Waals surface area contributed by atoms with Crippen LogP contribution in [-0.2, 0) is 0 Å². The highest BCUT2D eigenvalue weighted by Crippen LogP contribution is 2.17. The fourth-order valence-electron chi connectivity index (χ4n) is 2.08. The van der Waals surface area contributed by atoms with Crippen molar-refractivity contribution >= 4 is 34.9 Å². The molecule has 0 heterocycles. The minimum Gasteiger partial charge on any atom is -0.545 e. The standard InChI is InChI=1S/C18H18N2O4S/c1-3-24-14-8-6-12(7-9-14)16(21)20-18(25)19-15-10-13(17(22)23)5-4-11(15)2/h4-10H,3H2,1-2H3,(H,22,23)(H2,19,20,21,25)/p-1. The summed E-state index contributed by atoms with van der Waals surface area (Å²) in [5.41, 5.74) is 1.71. The van der Waals surface area contributed by atoms with Crippen molar-refractivity contribution in [2.24, 2.45) is 0 Å². The summed E-state index contributed by atoms with van der Waals surface area (Å²) in [6, 6.07) is 11.1. The third kappa shape index (κ3) is 5.02. The summed E-state index contributed by atoms with van der Waals surface area (Å²) in [7, 11) is 0. The molecule has 0 saturated heterocycles.